The summed E-state index contributed by atoms with van der Waals surface area (Å²) in [5.41, 5.74) is -0.309. The largest absolute Gasteiger partial charge is 0.350 e. The second kappa shape index (κ2) is 7.03. The number of unbranched alkanes of at least 4 members (excludes halogenated alkanes) is 2. The average molecular weight is 241 g/mol. The Morgan fingerprint density at radius 2 is 1.35 bits per heavy atom. The molecule has 2 heteroatoms. The third kappa shape index (κ3) is 6.70. The molecule has 0 aromatic heterocycles. The Hall–Kier alpha value is -0.530. The number of hydrogen-bond donors (Lipinski definition) is 1. The van der Waals surface area contributed by atoms with Crippen LogP contribution < -0.4 is 5.32 Å². The molecule has 0 saturated heterocycles. The molecule has 0 saturated carbocycles. The zero-order chi connectivity index (χ0) is 13.5. The van der Waals surface area contributed by atoms with Gasteiger partial charge < -0.3 is 5.32 Å². The molecule has 102 valence electrons. The molecule has 0 aliphatic carbocycles. The van der Waals surface area contributed by atoms with Crippen molar-refractivity contribution >= 4 is 5.91 Å². The van der Waals surface area contributed by atoms with Gasteiger partial charge in [0.1, 0.15) is 0 Å². The van der Waals surface area contributed by atoms with E-state index in [2.05, 4.69) is 26.1 Å². The Morgan fingerprint density at radius 1 is 0.941 bits per heavy atom. The van der Waals surface area contributed by atoms with Crippen LogP contribution in [0.4, 0.5) is 0 Å². The highest BCUT2D eigenvalue weighted by molar-refractivity contribution is 5.82. The summed E-state index contributed by atoms with van der Waals surface area (Å²) >= 11 is 0. The molecular formula is C15H31NO. The summed E-state index contributed by atoms with van der Waals surface area (Å²) in [6.07, 6.45) is 6.92. The van der Waals surface area contributed by atoms with Crippen LogP contribution in [-0.4, -0.2) is 11.4 Å². The lowest BCUT2D eigenvalue weighted by atomic mass is 9.86. The Morgan fingerprint density at radius 3 is 1.65 bits per heavy atom. The van der Waals surface area contributed by atoms with Gasteiger partial charge in [0.15, 0.2) is 0 Å². The smallest absolute Gasteiger partial charge is 0.225 e. The second-order valence-electron chi connectivity index (χ2n) is 6.47. The summed E-state index contributed by atoms with van der Waals surface area (Å²) in [6.45, 7) is 12.5. The van der Waals surface area contributed by atoms with E-state index in [1.165, 1.54) is 25.7 Å². The molecule has 0 aromatic carbocycles. The molecule has 0 heterocycles. The van der Waals surface area contributed by atoms with Crippen molar-refractivity contribution < 1.29 is 4.79 Å². The minimum absolute atomic E-state index is 0.0175. The minimum atomic E-state index is -0.292. The van der Waals surface area contributed by atoms with Crippen molar-refractivity contribution in [2.75, 3.05) is 0 Å². The van der Waals surface area contributed by atoms with Crippen molar-refractivity contribution in [1.29, 1.82) is 0 Å². The van der Waals surface area contributed by atoms with Gasteiger partial charge >= 0.3 is 0 Å². The predicted molar refractivity (Wildman–Crippen MR) is 75.1 cm³/mol. The topological polar surface area (TPSA) is 29.1 Å². The second-order valence-corrected chi connectivity index (χ2v) is 6.47. The molecule has 0 atom stereocenters. The Kier molecular flexibility index (Phi) is 6.81. The van der Waals surface area contributed by atoms with Gasteiger partial charge in [-0.1, -0.05) is 60.3 Å². The summed E-state index contributed by atoms with van der Waals surface area (Å²) < 4.78 is 0. The quantitative estimate of drug-likeness (QED) is 0.708. The van der Waals surface area contributed by atoms with Gasteiger partial charge in [0.05, 0.1) is 0 Å². The van der Waals surface area contributed by atoms with Gasteiger partial charge in [0, 0.05) is 11.0 Å². The molecule has 0 radical (unpaired) electrons. The fourth-order valence-corrected chi connectivity index (χ4v) is 1.85. The van der Waals surface area contributed by atoms with Gasteiger partial charge in [-0.05, 0) is 19.8 Å². The number of carbonyl (C=O) groups excluding carboxylic acids is 1. The summed E-state index contributed by atoms with van der Waals surface area (Å²) in [5.74, 6) is 0.173. The van der Waals surface area contributed by atoms with Crippen molar-refractivity contribution in [2.24, 2.45) is 5.41 Å². The summed E-state index contributed by atoms with van der Waals surface area (Å²) in [5, 5.41) is 3.26. The number of carbonyl (C=O) groups is 1. The summed E-state index contributed by atoms with van der Waals surface area (Å²) in [6, 6.07) is 0. The molecule has 0 aliphatic heterocycles. The van der Waals surface area contributed by atoms with Crippen LogP contribution in [0.5, 0.6) is 0 Å². The van der Waals surface area contributed by atoms with E-state index in [1.807, 2.05) is 20.8 Å². The van der Waals surface area contributed by atoms with Gasteiger partial charge in [-0.3, -0.25) is 4.79 Å². The maximum atomic E-state index is 12.1. The first-order valence-electron chi connectivity index (χ1n) is 7.08. The van der Waals surface area contributed by atoms with Crippen LogP contribution >= 0.6 is 0 Å². The lowest BCUT2D eigenvalue weighted by Gasteiger charge is -2.34. The first-order valence-corrected chi connectivity index (χ1v) is 7.08. The molecule has 17 heavy (non-hydrogen) atoms. The van der Waals surface area contributed by atoms with E-state index in [-0.39, 0.29) is 16.9 Å². The normalized spacial score (nSPS) is 12.6. The van der Waals surface area contributed by atoms with E-state index >= 15 is 0 Å². The highest BCUT2D eigenvalue weighted by Crippen LogP contribution is 2.23. The number of nitrogens with one attached hydrogen (secondary N) is 1. The standard InChI is InChI=1S/C15H31NO/c1-7-9-11-15(6,12-10-8-2)16-13(17)14(3,4)5/h7-12H2,1-6H3,(H,16,17). The van der Waals surface area contributed by atoms with Crippen LogP contribution in [0, 0.1) is 5.41 Å². The van der Waals surface area contributed by atoms with Crippen LogP contribution in [0.1, 0.15) is 80.1 Å². The molecule has 0 unspecified atom stereocenters. The van der Waals surface area contributed by atoms with E-state index in [9.17, 15) is 4.79 Å². The summed E-state index contributed by atoms with van der Waals surface area (Å²) in [7, 11) is 0. The van der Waals surface area contributed by atoms with Crippen LogP contribution in [-0.2, 0) is 4.79 Å². The van der Waals surface area contributed by atoms with E-state index in [0.29, 0.717) is 0 Å². The SMILES string of the molecule is CCCCC(C)(CCCC)NC(=O)C(C)(C)C. The fourth-order valence-electron chi connectivity index (χ4n) is 1.85. The molecule has 2 nitrogen and oxygen atoms in total. The van der Waals surface area contributed by atoms with Crippen molar-refractivity contribution in [2.45, 2.75) is 85.6 Å². The van der Waals surface area contributed by atoms with Crippen molar-refractivity contribution in [3.05, 3.63) is 0 Å². The van der Waals surface area contributed by atoms with Crippen LogP contribution in [0.3, 0.4) is 0 Å². The zero-order valence-corrected chi connectivity index (χ0v) is 12.7. The first-order chi connectivity index (χ1) is 7.75. The lowest BCUT2D eigenvalue weighted by molar-refractivity contribution is -0.130. The van der Waals surface area contributed by atoms with E-state index in [0.717, 1.165) is 12.8 Å². The molecule has 0 aromatic rings. The van der Waals surface area contributed by atoms with Gasteiger partial charge in [0.25, 0.3) is 0 Å². The van der Waals surface area contributed by atoms with E-state index in [1.54, 1.807) is 0 Å². The van der Waals surface area contributed by atoms with E-state index in [4.69, 9.17) is 0 Å². The molecular weight excluding hydrogens is 210 g/mol. The third-order valence-electron chi connectivity index (χ3n) is 3.26. The van der Waals surface area contributed by atoms with Crippen molar-refractivity contribution in [3.8, 4) is 0 Å². The third-order valence-corrected chi connectivity index (χ3v) is 3.26. The Balaban J connectivity index is 4.51. The maximum Gasteiger partial charge on any atom is 0.225 e. The number of hydrogen-bond acceptors (Lipinski definition) is 1. The zero-order valence-electron chi connectivity index (χ0n) is 12.7. The van der Waals surface area contributed by atoms with Gasteiger partial charge in [-0.2, -0.15) is 0 Å². The van der Waals surface area contributed by atoms with Crippen LogP contribution in [0.25, 0.3) is 0 Å². The van der Waals surface area contributed by atoms with Gasteiger partial charge in [-0.15, -0.1) is 0 Å². The average Bonchev–Trinajstić information content (AvgIpc) is 2.22. The Bertz CT molecular complexity index is 220. The summed E-state index contributed by atoms with van der Waals surface area (Å²) in [4.78, 5) is 12.1. The van der Waals surface area contributed by atoms with Crippen LogP contribution in [0.2, 0.25) is 0 Å². The maximum absolute atomic E-state index is 12.1. The molecule has 0 fully saturated rings. The monoisotopic (exact) mass is 241 g/mol. The molecule has 1 N–H and O–H groups in total. The molecule has 0 rings (SSSR count). The van der Waals surface area contributed by atoms with Gasteiger partial charge in [0.2, 0.25) is 5.91 Å². The number of amides is 1. The molecule has 0 aliphatic rings. The molecule has 0 bridgehead atoms. The predicted octanol–water partition coefficient (Wildman–Crippen LogP) is 4.29. The fraction of sp³-hybridized carbons (Fsp3) is 0.933. The minimum Gasteiger partial charge on any atom is -0.350 e. The molecule has 1 amide bonds. The Labute approximate surface area is 108 Å². The first kappa shape index (κ1) is 16.5. The van der Waals surface area contributed by atoms with E-state index < -0.39 is 0 Å². The van der Waals surface area contributed by atoms with Crippen LogP contribution in [0.15, 0.2) is 0 Å². The lowest BCUT2D eigenvalue weighted by Crippen LogP contribution is -2.50. The molecule has 0 spiro atoms. The van der Waals surface area contributed by atoms with Gasteiger partial charge in [-0.25, -0.2) is 0 Å². The highest BCUT2D eigenvalue weighted by atomic mass is 16.2. The van der Waals surface area contributed by atoms with Crippen molar-refractivity contribution in [1.82, 2.24) is 5.32 Å². The van der Waals surface area contributed by atoms with Crippen molar-refractivity contribution in [3.63, 3.8) is 0 Å². The number of rotatable bonds is 7. The highest BCUT2D eigenvalue weighted by Gasteiger charge is 2.30.